The van der Waals surface area contributed by atoms with Crippen LogP contribution in [0.15, 0.2) is 12.1 Å². The number of rotatable bonds is 3. The van der Waals surface area contributed by atoms with Crippen LogP contribution >= 0.6 is 11.6 Å². The highest BCUT2D eigenvalue weighted by Crippen LogP contribution is 2.38. The van der Waals surface area contributed by atoms with Crippen LogP contribution in [0.1, 0.15) is 42.7 Å². The molecule has 1 N–H and O–H groups in total. The first-order chi connectivity index (χ1) is 8.65. The predicted octanol–water partition coefficient (Wildman–Crippen LogP) is 3.90. The first kappa shape index (κ1) is 13.7. The van der Waals surface area contributed by atoms with Gasteiger partial charge < -0.3 is 10.1 Å². The van der Waals surface area contributed by atoms with E-state index in [1.807, 2.05) is 0 Å². The first-order valence-electron chi connectivity index (χ1n) is 6.67. The van der Waals surface area contributed by atoms with Gasteiger partial charge in [0, 0.05) is 6.04 Å². The van der Waals surface area contributed by atoms with Crippen LogP contribution in [0.4, 0.5) is 0 Å². The fourth-order valence-corrected chi connectivity index (χ4v) is 3.21. The van der Waals surface area contributed by atoms with Gasteiger partial charge in [-0.3, -0.25) is 0 Å². The Morgan fingerprint density at radius 3 is 2.44 bits per heavy atom. The van der Waals surface area contributed by atoms with E-state index in [0.29, 0.717) is 12.0 Å². The molecule has 0 saturated heterocycles. The molecule has 0 aliphatic heterocycles. The zero-order chi connectivity index (χ0) is 13.1. The van der Waals surface area contributed by atoms with Crippen molar-refractivity contribution in [2.24, 2.45) is 0 Å². The van der Waals surface area contributed by atoms with E-state index in [2.05, 4.69) is 31.4 Å². The number of benzene rings is 1. The van der Waals surface area contributed by atoms with Gasteiger partial charge in [-0.25, -0.2) is 0 Å². The fraction of sp³-hybridized carbons (Fsp3) is 0.600. The summed E-state index contributed by atoms with van der Waals surface area (Å²) in [5, 5.41) is 4.10. The van der Waals surface area contributed by atoms with Gasteiger partial charge in [-0.2, -0.15) is 0 Å². The summed E-state index contributed by atoms with van der Waals surface area (Å²) >= 11 is 6.24. The van der Waals surface area contributed by atoms with Crippen LogP contribution in [-0.2, 0) is 0 Å². The van der Waals surface area contributed by atoms with Crippen molar-refractivity contribution < 1.29 is 4.74 Å². The SMILES string of the molecule is CNC1CCC(c2cc(Cl)c(OC)cc2C)CC1. The lowest BCUT2D eigenvalue weighted by Crippen LogP contribution is -2.29. The van der Waals surface area contributed by atoms with Crippen molar-refractivity contribution in [1.82, 2.24) is 5.32 Å². The van der Waals surface area contributed by atoms with E-state index in [0.717, 1.165) is 10.8 Å². The first-order valence-corrected chi connectivity index (χ1v) is 7.04. The Kier molecular flexibility index (Phi) is 4.52. The van der Waals surface area contributed by atoms with Crippen molar-refractivity contribution in [3.8, 4) is 5.75 Å². The fourth-order valence-electron chi connectivity index (χ4n) is 2.96. The third-order valence-electron chi connectivity index (χ3n) is 4.12. The van der Waals surface area contributed by atoms with Crippen LogP contribution in [-0.4, -0.2) is 20.2 Å². The highest BCUT2D eigenvalue weighted by Gasteiger charge is 2.23. The van der Waals surface area contributed by atoms with E-state index in [-0.39, 0.29) is 0 Å². The molecule has 0 radical (unpaired) electrons. The lowest BCUT2D eigenvalue weighted by Gasteiger charge is -2.29. The van der Waals surface area contributed by atoms with Crippen LogP contribution in [0, 0.1) is 6.92 Å². The molecule has 0 heterocycles. The Labute approximate surface area is 115 Å². The van der Waals surface area contributed by atoms with Gasteiger partial charge in [0.1, 0.15) is 5.75 Å². The number of halogens is 1. The van der Waals surface area contributed by atoms with Crippen molar-refractivity contribution in [2.45, 2.75) is 44.6 Å². The van der Waals surface area contributed by atoms with Crippen molar-refractivity contribution in [3.05, 3.63) is 28.3 Å². The standard InChI is InChI=1S/C15H22ClNO/c1-10-8-15(18-3)14(16)9-13(10)11-4-6-12(17-2)7-5-11/h8-9,11-12,17H,4-7H2,1-3H3. The van der Waals surface area contributed by atoms with Gasteiger partial charge in [-0.1, -0.05) is 11.6 Å². The van der Waals surface area contributed by atoms with Crippen LogP contribution in [0.3, 0.4) is 0 Å². The van der Waals surface area contributed by atoms with E-state index in [1.165, 1.54) is 36.8 Å². The summed E-state index contributed by atoms with van der Waals surface area (Å²) in [4.78, 5) is 0. The highest BCUT2D eigenvalue weighted by molar-refractivity contribution is 6.32. The van der Waals surface area contributed by atoms with Crippen LogP contribution < -0.4 is 10.1 Å². The van der Waals surface area contributed by atoms with Gasteiger partial charge in [0.15, 0.2) is 0 Å². The van der Waals surface area contributed by atoms with E-state index >= 15 is 0 Å². The maximum Gasteiger partial charge on any atom is 0.137 e. The molecule has 2 rings (SSSR count). The van der Waals surface area contributed by atoms with Gasteiger partial charge in [-0.05, 0) is 68.8 Å². The molecule has 2 nitrogen and oxygen atoms in total. The number of nitrogens with one attached hydrogen (secondary N) is 1. The molecule has 1 saturated carbocycles. The quantitative estimate of drug-likeness (QED) is 0.897. The van der Waals surface area contributed by atoms with Gasteiger partial charge in [0.25, 0.3) is 0 Å². The third kappa shape index (κ3) is 2.81. The maximum absolute atomic E-state index is 6.24. The predicted molar refractivity (Wildman–Crippen MR) is 76.8 cm³/mol. The topological polar surface area (TPSA) is 21.3 Å². The summed E-state index contributed by atoms with van der Waals surface area (Å²) in [6.07, 6.45) is 5.00. The molecule has 0 aromatic heterocycles. The molecule has 0 spiro atoms. The molecule has 0 bridgehead atoms. The average molecular weight is 268 g/mol. The number of ether oxygens (including phenoxy) is 1. The molecule has 100 valence electrons. The Bertz CT molecular complexity index is 411. The smallest absolute Gasteiger partial charge is 0.137 e. The monoisotopic (exact) mass is 267 g/mol. The maximum atomic E-state index is 6.24. The Balaban J connectivity index is 2.16. The zero-order valence-corrected chi connectivity index (χ0v) is 12.2. The normalized spacial score (nSPS) is 24.0. The molecule has 1 fully saturated rings. The second kappa shape index (κ2) is 5.94. The highest BCUT2D eigenvalue weighted by atomic mass is 35.5. The minimum Gasteiger partial charge on any atom is -0.495 e. The molecule has 0 atom stereocenters. The largest absolute Gasteiger partial charge is 0.495 e. The van der Waals surface area contributed by atoms with Crippen molar-refractivity contribution in [3.63, 3.8) is 0 Å². The van der Waals surface area contributed by atoms with Crippen molar-refractivity contribution >= 4 is 11.6 Å². The minimum atomic E-state index is 0.651. The summed E-state index contributed by atoms with van der Waals surface area (Å²) < 4.78 is 5.26. The number of hydrogen-bond acceptors (Lipinski definition) is 2. The van der Waals surface area contributed by atoms with Crippen molar-refractivity contribution in [2.75, 3.05) is 14.2 Å². The Morgan fingerprint density at radius 1 is 1.22 bits per heavy atom. The Morgan fingerprint density at radius 2 is 1.89 bits per heavy atom. The second-order valence-electron chi connectivity index (χ2n) is 5.18. The van der Waals surface area contributed by atoms with Gasteiger partial charge in [-0.15, -0.1) is 0 Å². The molecule has 0 amide bonds. The van der Waals surface area contributed by atoms with Gasteiger partial charge in [0.05, 0.1) is 12.1 Å². The second-order valence-corrected chi connectivity index (χ2v) is 5.59. The minimum absolute atomic E-state index is 0.651. The van der Waals surface area contributed by atoms with Crippen LogP contribution in [0.2, 0.25) is 5.02 Å². The number of hydrogen-bond donors (Lipinski definition) is 1. The molecule has 3 heteroatoms. The van der Waals surface area contributed by atoms with E-state index < -0.39 is 0 Å². The average Bonchev–Trinajstić information content (AvgIpc) is 2.41. The van der Waals surface area contributed by atoms with E-state index in [1.54, 1.807) is 7.11 Å². The molecular weight excluding hydrogens is 246 g/mol. The van der Waals surface area contributed by atoms with Crippen molar-refractivity contribution in [1.29, 1.82) is 0 Å². The molecule has 1 aliphatic carbocycles. The molecule has 1 aromatic carbocycles. The Hall–Kier alpha value is -0.730. The zero-order valence-electron chi connectivity index (χ0n) is 11.4. The molecule has 1 aliphatic rings. The summed E-state index contributed by atoms with van der Waals surface area (Å²) in [5.74, 6) is 1.43. The van der Waals surface area contributed by atoms with Gasteiger partial charge in [0.2, 0.25) is 0 Å². The molecule has 1 aromatic rings. The lowest BCUT2D eigenvalue weighted by molar-refractivity contribution is 0.357. The third-order valence-corrected chi connectivity index (χ3v) is 4.41. The summed E-state index contributed by atoms with van der Waals surface area (Å²) in [6.45, 7) is 2.15. The molecule has 18 heavy (non-hydrogen) atoms. The number of aryl methyl sites for hydroxylation is 1. The lowest BCUT2D eigenvalue weighted by atomic mass is 9.80. The summed E-state index contributed by atoms with van der Waals surface area (Å²) in [7, 11) is 3.72. The molecular formula is C15H22ClNO. The van der Waals surface area contributed by atoms with E-state index in [4.69, 9.17) is 16.3 Å². The van der Waals surface area contributed by atoms with Crippen LogP contribution in [0.25, 0.3) is 0 Å². The van der Waals surface area contributed by atoms with Crippen LogP contribution in [0.5, 0.6) is 5.75 Å². The van der Waals surface area contributed by atoms with Gasteiger partial charge >= 0.3 is 0 Å². The molecule has 0 unspecified atom stereocenters. The summed E-state index contributed by atoms with van der Waals surface area (Å²) in [6, 6.07) is 4.84. The van der Waals surface area contributed by atoms with E-state index in [9.17, 15) is 0 Å². The number of methoxy groups -OCH3 is 1. The summed E-state index contributed by atoms with van der Waals surface area (Å²) in [5.41, 5.74) is 2.69.